The van der Waals surface area contributed by atoms with Crippen molar-refractivity contribution in [3.8, 4) is 33.9 Å². The molecular formula is C34H31N3O6. The molecule has 0 saturated carbocycles. The van der Waals surface area contributed by atoms with Gasteiger partial charge in [-0.2, -0.15) is 0 Å². The number of nitrogens with one attached hydrogen (secondary N) is 1. The van der Waals surface area contributed by atoms with Crippen LogP contribution in [0.4, 0.5) is 4.79 Å². The molecule has 3 aromatic carbocycles. The number of hydrogen-bond donors (Lipinski definition) is 2. The number of rotatable bonds is 9. The summed E-state index contributed by atoms with van der Waals surface area (Å²) in [5.74, 6) is -0.243. The number of aryl methyl sites for hydroxylation is 1. The number of nitrogens with zero attached hydrogens (tertiary/aromatic N) is 2. The number of carboxylic acids is 1. The van der Waals surface area contributed by atoms with Crippen LogP contribution in [0.1, 0.15) is 28.3 Å². The van der Waals surface area contributed by atoms with Crippen molar-refractivity contribution in [1.29, 1.82) is 0 Å². The first-order valence-corrected chi connectivity index (χ1v) is 13.9. The number of methoxy groups -OCH3 is 2. The minimum absolute atomic E-state index is 0.0343. The van der Waals surface area contributed by atoms with Gasteiger partial charge in [0, 0.05) is 24.1 Å². The Labute approximate surface area is 248 Å². The molecule has 5 aromatic rings. The number of carboxylic acid groups (broad SMARTS) is 1. The van der Waals surface area contributed by atoms with Gasteiger partial charge < -0.3 is 29.0 Å². The molecule has 6 rings (SSSR count). The highest BCUT2D eigenvalue weighted by Crippen LogP contribution is 2.44. The number of benzene rings is 3. The van der Waals surface area contributed by atoms with Crippen LogP contribution >= 0.6 is 0 Å². The third-order valence-corrected chi connectivity index (χ3v) is 7.87. The Morgan fingerprint density at radius 2 is 1.60 bits per heavy atom. The number of alkyl carbamates (subject to hydrolysis) is 1. The van der Waals surface area contributed by atoms with Gasteiger partial charge in [-0.3, -0.25) is 0 Å². The van der Waals surface area contributed by atoms with E-state index < -0.39 is 18.1 Å². The van der Waals surface area contributed by atoms with Gasteiger partial charge in [-0.05, 0) is 65.1 Å². The first-order chi connectivity index (χ1) is 20.9. The van der Waals surface area contributed by atoms with E-state index in [1.165, 1.54) is 0 Å². The zero-order valence-electron chi connectivity index (χ0n) is 24.0. The zero-order chi connectivity index (χ0) is 30.1. The van der Waals surface area contributed by atoms with Gasteiger partial charge >= 0.3 is 12.1 Å². The smallest absolute Gasteiger partial charge is 0.407 e. The molecule has 9 heteroatoms. The summed E-state index contributed by atoms with van der Waals surface area (Å²) in [5, 5.41) is 12.7. The number of pyridine rings is 1. The maximum Gasteiger partial charge on any atom is 0.407 e. The van der Waals surface area contributed by atoms with E-state index in [0.29, 0.717) is 28.5 Å². The highest BCUT2D eigenvalue weighted by atomic mass is 16.5. The molecule has 1 unspecified atom stereocenters. The van der Waals surface area contributed by atoms with Crippen LogP contribution in [-0.2, 0) is 16.0 Å². The van der Waals surface area contributed by atoms with E-state index in [1.54, 1.807) is 26.4 Å². The van der Waals surface area contributed by atoms with Crippen molar-refractivity contribution in [2.75, 3.05) is 20.8 Å². The molecule has 0 saturated heterocycles. The van der Waals surface area contributed by atoms with Crippen molar-refractivity contribution in [3.63, 3.8) is 0 Å². The highest BCUT2D eigenvalue weighted by molar-refractivity contribution is 5.82. The summed E-state index contributed by atoms with van der Waals surface area (Å²) >= 11 is 0. The number of aromatic nitrogens is 2. The Balaban J connectivity index is 1.26. The quantitative estimate of drug-likeness (QED) is 0.226. The fourth-order valence-corrected chi connectivity index (χ4v) is 5.78. The van der Waals surface area contributed by atoms with E-state index >= 15 is 0 Å². The average Bonchev–Trinajstić information content (AvgIpc) is 3.54. The maximum absolute atomic E-state index is 13.0. The molecule has 0 bridgehead atoms. The van der Waals surface area contributed by atoms with Crippen molar-refractivity contribution in [1.82, 2.24) is 14.7 Å². The third kappa shape index (κ3) is 5.25. The second-order valence-electron chi connectivity index (χ2n) is 10.5. The fraction of sp³-hybridized carbons (Fsp3) is 0.206. The summed E-state index contributed by atoms with van der Waals surface area (Å²) in [5.41, 5.74) is 7.96. The summed E-state index contributed by atoms with van der Waals surface area (Å²) in [6, 6.07) is 24.1. The highest BCUT2D eigenvalue weighted by Gasteiger charge is 2.30. The molecule has 218 valence electrons. The molecule has 0 aliphatic heterocycles. The predicted octanol–water partition coefficient (Wildman–Crippen LogP) is 5.86. The van der Waals surface area contributed by atoms with Gasteiger partial charge in [-0.1, -0.05) is 48.5 Å². The average molecular weight is 578 g/mol. The van der Waals surface area contributed by atoms with E-state index in [2.05, 4.69) is 17.4 Å². The normalized spacial score (nSPS) is 12.8. The Hall–Kier alpha value is -5.31. The van der Waals surface area contributed by atoms with Crippen molar-refractivity contribution in [2.45, 2.75) is 25.3 Å². The van der Waals surface area contributed by atoms with E-state index in [9.17, 15) is 14.7 Å². The summed E-state index contributed by atoms with van der Waals surface area (Å²) in [6.07, 6.45) is 1.02. The largest absolute Gasteiger partial charge is 0.493 e. The van der Waals surface area contributed by atoms with E-state index in [1.807, 2.05) is 72.1 Å². The number of fused-ring (bicyclic) bond motifs is 4. The lowest BCUT2D eigenvalue weighted by Gasteiger charge is -2.18. The number of aliphatic carboxylic acids is 1. The van der Waals surface area contributed by atoms with Crippen LogP contribution in [0.15, 0.2) is 85.1 Å². The number of hydrogen-bond acceptors (Lipinski definition) is 6. The van der Waals surface area contributed by atoms with Gasteiger partial charge in [0.1, 0.15) is 18.3 Å². The van der Waals surface area contributed by atoms with Gasteiger partial charge in [0.05, 0.1) is 25.6 Å². The molecular weight excluding hydrogens is 546 g/mol. The van der Waals surface area contributed by atoms with Crippen molar-refractivity contribution in [2.24, 2.45) is 0 Å². The van der Waals surface area contributed by atoms with Gasteiger partial charge in [-0.15, -0.1) is 0 Å². The van der Waals surface area contributed by atoms with E-state index in [-0.39, 0.29) is 18.9 Å². The van der Waals surface area contributed by atoms with Crippen molar-refractivity contribution >= 4 is 17.7 Å². The lowest BCUT2D eigenvalue weighted by Crippen LogP contribution is -2.43. The fourth-order valence-electron chi connectivity index (χ4n) is 5.78. The summed E-state index contributed by atoms with van der Waals surface area (Å²) < 4.78 is 18.4. The Kier molecular flexibility index (Phi) is 7.46. The van der Waals surface area contributed by atoms with Gasteiger partial charge in [0.25, 0.3) is 0 Å². The summed E-state index contributed by atoms with van der Waals surface area (Å²) in [4.78, 5) is 30.3. The monoisotopic (exact) mass is 577 g/mol. The minimum Gasteiger partial charge on any atom is -0.493 e. The van der Waals surface area contributed by atoms with Gasteiger partial charge in [-0.25, -0.2) is 14.6 Å². The Morgan fingerprint density at radius 1 is 0.930 bits per heavy atom. The molecule has 2 aromatic heterocycles. The third-order valence-electron chi connectivity index (χ3n) is 7.87. The molecule has 0 spiro atoms. The Bertz CT molecular complexity index is 1800. The topological polar surface area (TPSA) is 111 Å². The van der Waals surface area contributed by atoms with Gasteiger partial charge in [0.15, 0.2) is 11.5 Å². The van der Waals surface area contributed by atoms with Crippen LogP contribution in [0.3, 0.4) is 0 Å². The predicted molar refractivity (Wildman–Crippen MR) is 162 cm³/mol. The second kappa shape index (κ2) is 11.5. The van der Waals surface area contributed by atoms with Crippen molar-refractivity contribution < 1.29 is 28.9 Å². The van der Waals surface area contributed by atoms with Crippen LogP contribution in [0.2, 0.25) is 0 Å². The van der Waals surface area contributed by atoms with E-state index in [0.717, 1.165) is 33.4 Å². The minimum atomic E-state index is -1.27. The standard InChI is InChI=1S/C34H31N3O6/c1-20-14-15-37-28(32(36-31(37)16-20)21-12-13-29(41-2)30(17-21)42-3)18-27(33(38)39)35-34(40)43-19-26-24-10-6-4-8-22(24)23-9-5-7-11-25(23)26/h4-17,26-27H,18-19H2,1-3H3,(H,35,40)(H,38,39). The molecule has 0 fully saturated rings. The van der Waals surface area contributed by atoms with Crippen LogP contribution < -0.4 is 14.8 Å². The van der Waals surface area contributed by atoms with E-state index in [4.69, 9.17) is 19.2 Å². The first kappa shape index (κ1) is 27.8. The number of carbonyl (C=O) groups is 2. The number of amides is 1. The summed E-state index contributed by atoms with van der Waals surface area (Å²) in [6.45, 7) is 2.04. The zero-order valence-corrected chi connectivity index (χ0v) is 24.0. The van der Waals surface area contributed by atoms with Crippen LogP contribution in [0.25, 0.3) is 28.0 Å². The molecule has 9 nitrogen and oxygen atoms in total. The maximum atomic E-state index is 13.0. The van der Waals surface area contributed by atoms with Crippen LogP contribution in [0.5, 0.6) is 11.5 Å². The molecule has 1 aliphatic carbocycles. The van der Waals surface area contributed by atoms with Gasteiger partial charge in [0.2, 0.25) is 0 Å². The molecule has 0 radical (unpaired) electrons. The number of carbonyl (C=O) groups excluding carboxylic acids is 1. The molecule has 1 atom stereocenters. The lowest BCUT2D eigenvalue weighted by atomic mass is 9.98. The number of imidazole rings is 1. The molecule has 2 N–H and O–H groups in total. The van der Waals surface area contributed by atoms with Crippen LogP contribution in [0, 0.1) is 6.92 Å². The molecule has 43 heavy (non-hydrogen) atoms. The second-order valence-corrected chi connectivity index (χ2v) is 10.5. The number of ether oxygens (including phenoxy) is 3. The molecule has 2 heterocycles. The SMILES string of the molecule is COc1ccc(-c2nc3cc(C)ccn3c2CC(NC(=O)OCC2c3ccccc3-c3ccccc32)C(=O)O)cc1OC. The molecule has 1 amide bonds. The van der Waals surface area contributed by atoms with Crippen LogP contribution in [-0.4, -0.2) is 53.4 Å². The summed E-state index contributed by atoms with van der Waals surface area (Å²) in [7, 11) is 3.11. The Morgan fingerprint density at radius 3 is 2.26 bits per heavy atom. The van der Waals surface area contributed by atoms with Crippen molar-refractivity contribution in [3.05, 3.63) is 107 Å². The molecule has 1 aliphatic rings. The lowest BCUT2D eigenvalue weighted by molar-refractivity contribution is -0.139. The first-order valence-electron chi connectivity index (χ1n) is 13.9.